The van der Waals surface area contributed by atoms with E-state index in [0.29, 0.717) is 11.4 Å². The van der Waals surface area contributed by atoms with Crippen molar-refractivity contribution in [3.8, 4) is 17.2 Å². The van der Waals surface area contributed by atoms with Crippen molar-refractivity contribution in [1.29, 1.82) is 0 Å². The molecular weight excluding hydrogens is 246 g/mol. The van der Waals surface area contributed by atoms with E-state index in [1.54, 1.807) is 18.2 Å². The number of amides is 1. The van der Waals surface area contributed by atoms with Gasteiger partial charge in [0, 0.05) is 17.8 Å². The summed E-state index contributed by atoms with van der Waals surface area (Å²) >= 11 is 0. The van der Waals surface area contributed by atoms with Crippen LogP contribution < -0.4 is 10.1 Å². The van der Waals surface area contributed by atoms with Gasteiger partial charge in [-0.1, -0.05) is 6.07 Å². The standard InChI is InChI=1S/C14H13NO4/c1-19-11-5-6-12(13(17)8-11)14(18)15-9-3-2-4-10(16)7-9/h2-8,16-17H,1H3,(H,15,18). The molecule has 0 saturated heterocycles. The van der Waals surface area contributed by atoms with Gasteiger partial charge in [-0.25, -0.2) is 0 Å². The number of rotatable bonds is 3. The largest absolute Gasteiger partial charge is 0.508 e. The Hall–Kier alpha value is -2.69. The molecule has 5 heteroatoms. The third kappa shape index (κ3) is 2.95. The fourth-order valence-corrected chi connectivity index (χ4v) is 1.61. The maximum absolute atomic E-state index is 12.0. The maximum Gasteiger partial charge on any atom is 0.259 e. The second-order valence-electron chi connectivity index (χ2n) is 3.89. The lowest BCUT2D eigenvalue weighted by molar-refractivity contribution is 0.102. The summed E-state index contributed by atoms with van der Waals surface area (Å²) in [6.07, 6.45) is 0. The highest BCUT2D eigenvalue weighted by atomic mass is 16.5. The van der Waals surface area contributed by atoms with Gasteiger partial charge in [0.05, 0.1) is 12.7 Å². The highest BCUT2D eigenvalue weighted by molar-refractivity contribution is 6.06. The topological polar surface area (TPSA) is 78.8 Å². The molecule has 2 aromatic rings. The van der Waals surface area contributed by atoms with Gasteiger partial charge in [0.1, 0.15) is 17.2 Å². The van der Waals surface area contributed by atoms with Crippen molar-refractivity contribution in [1.82, 2.24) is 0 Å². The summed E-state index contributed by atoms with van der Waals surface area (Å²) in [5, 5.41) is 21.6. The predicted molar refractivity (Wildman–Crippen MR) is 70.7 cm³/mol. The third-order valence-corrected chi connectivity index (χ3v) is 2.55. The Morgan fingerprint density at radius 2 is 1.95 bits per heavy atom. The minimum absolute atomic E-state index is 0.0525. The molecule has 2 aromatic carbocycles. The average Bonchev–Trinajstić information content (AvgIpc) is 2.38. The molecule has 98 valence electrons. The molecule has 0 aromatic heterocycles. The van der Waals surface area contributed by atoms with E-state index < -0.39 is 5.91 Å². The molecule has 0 heterocycles. The third-order valence-electron chi connectivity index (χ3n) is 2.55. The van der Waals surface area contributed by atoms with Gasteiger partial charge in [0.2, 0.25) is 0 Å². The molecular formula is C14H13NO4. The van der Waals surface area contributed by atoms with E-state index in [-0.39, 0.29) is 17.1 Å². The second-order valence-corrected chi connectivity index (χ2v) is 3.89. The summed E-state index contributed by atoms with van der Waals surface area (Å²) in [5.74, 6) is -0.120. The van der Waals surface area contributed by atoms with Crippen LogP contribution in [0.1, 0.15) is 10.4 Å². The summed E-state index contributed by atoms with van der Waals surface area (Å²) in [7, 11) is 1.47. The molecule has 0 aliphatic rings. The van der Waals surface area contributed by atoms with E-state index in [2.05, 4.69) is 5.32 Å². The molecule has 0 radical (unpaired) electrons. The fourth-order valence-electron chi connectivity index (χ4n) is 1.61. The number of carbonyl (C=O) groups is 1. The highest BCUT2D eigenvalue weighted by Gasteiger charge is 2.12. The number of ether oxygens (including phenoxy) is 1. The Labute approximate surface area is 110 Å². The van der Waals surface area contributed by atoms with E-state index in [1.165, 1.54) is 31.4 Å². The van der Waals surface area contributed by atoms with E-state index in [9.17, 15) is 15.0 Å². The lowest BCUT2D eigenvalue weighted by Gasteiger charge is -2.08. The molecule has 19 heavy (non-hydrogen) atoms. The van der Waals surface area contributed by atoms with Crippen molar-refractivity contribution in [3.05, 3.63) is 48.0 Å². The van der Waals surface area contributed by atoms with Crippen LogP contribution in [0, 0.1) is 0 Å². The number of phenolic OH excluding ortho intramolecular Hbond substituents is 2. The van der Waals surface area contributed by atoms with Crippen molar-refractivity contribution >= 4 is 11.6 Å². The van der Waals surface area contributed by atoms with Gasteiger partial charge in [0.15, 0.2) is 0 Å². The number of hydrogen-bond acceptors (Lipinski definition) is 4. The van der Waals surface area contributed by atoms with Gasteiger partial charge in [-0.15, -0.1) is 0 Å². The first-order chi connectivity index (χ1) is 9.10. The van der Waals surface area contributed by atoms with Gasteiger partial charge in [-0.3, -0.25) is 4.79 Å². The first-order valence-electron chi connectivity index (χ1n) is 5.57. The molecule has 2 rings (SSSR count). The molecule has 0 aliphatic heterocycles. The van der Waals surface area contributed by atoms with Crippen molar-refractivity contribution in [2.24, 2.45) is 0 Å². The maximum atomic E-state index is 12.0. The van der Waals surface area contributed by atoms with Crippen LogP contribution in [0.5, 0.6) is 17.2 Å². The number of hydrogen-bond donors (Lipinski definition) is 3. The summed E-state index contributed by atoms with van der Waals surface area (Å²) in [5.41, 5.74) is 0.573. The van der Waals surface area contributed by atoms with E-state index in [4.69, 9.17) is 4.74 Å². The first kappa shape index (κ1) is 12.8. The van der Waals surface area contributed by atoms with Gasteiger partial charge in [-0.2, -0.15) is 0 Å². The summed E-state index contributed by atoms with van der Waals surface area (Å²) in [6, 6.07) is 10.6. The van der Waals surface area contributed by atoms with Crippen molar-refractivity contribution < 1.29 is 19.7 Å². The first-order valence-corrected chi connectivity index (χ1v) is 5.57. The SMILES string of the molecule is COc1ccc(C(=O)Nc2cccc(O)c2)c(O)c1. The number of methoxy groups -OCH3 is 1. The normalized spacial score (nSPS) is 9.95. The highest BCUT2D eigenvalue weighted by Crippen LogP contribution is 2.24. The zero-order valence-corrected chi connectivity index (χ0v) is 10.3. The molecule has 0 bridgehead atoms. The Bertz CT molecular complexity index is 610. The van der Waals surface area contributed by atoms with Crippen LogP contribution >= 0.6 is 0 Å². The number of benzene rings is 2. The zero-order valence-electron chi connectivity index (χ0n) is 10.3. The second kappa shape index (κ2) is 5.30. The van der Waals surface area contributed by atoms with Gasteiger partial charge in [-0.05, 0) is 24.3 Å². The molecule has 5 nitrogen and oxygen atoms in total. The molecule has 0 saturated carbocycles. The molecule has 0 spiro atoms. The van der Waals surface area contributed by atoms with E-state index in [0.717, 1.165) is 0 Å². The van der Waals surface area contributed by atoms with Crippen molar-refractivity contribution in [2.45, 2.75) is 0 Å². The molecule has 1 amide bonds. The molecule has 0 atom stereocenters. The van der Waals surface area contributed by atoms with Crippen LogP contribution in [0.15, 0.2) is 42.5 Å². The number of phenols is 2. The monoisotopic (exact) mass is 259 g/mol. The van der Waals surface area contributed by atoms with E-state index >= 15 is 0 Å². The van der Waals surface area contributed by atoms with Crippen LogP contribution in [0.4, 0.5) is 5.69 Å². The smallest absolute Gasteiger partial charge is 0.259 e. The fraction of sp³-hybridized carbons (Fsp3) is 0.0714. The molecule has 0 unspecified atom stereocenters. The average molecular weight is 259 g/mol. The Kier molecular flexibility index (Phi) is 3.56. The lowest BCUT2D eigenvalue weighted by Crippen LogP contribution is -2.11. The van der Waals surface area contributed by atoms with Crippen LogP contribution in [-0.2, 0) is 0 Å². The van der Waals surface area contributed by atoms with Crippen LogP contribution in [0.2, 0.25) is 0 Å². The minimum atomic E-state index is -0.467. The molecule has 0 fully saturated rings. The molecule has 0 aliphatic carbocycles. The number of anilines is 1. The van der Waals surface area contributed by atoms with Crippen molar-refractivity contribution in [2.75, 3.05) is 12.4 Å². The van der Waals surface area contributed by atoms with Crippen LogP contribution in [-0.4, -0.2) is 23.2 Å². The van der Waals surface area contributed by atoms with Crippen LogP contribution in [0.25, 0.3) is 0 Å². The Morgan fingerprint density at radius 3 is 2.58 bits per heavy atom. The van der Waals surface area contributed by atoms with Gasteiger partial charge < -0.3 is 20.3 Å². The van der Waals surface area contributed by atoms with E-state index in [1.807, 2.05) is 0 Å². The number of nitrogens with one attached hydrogen (secondary N) is 1. The summed E-state index contributed by atoms with van der Waals surface area (Å²) in [4.78, 5) is 12.0. The quantitative estimate of drug-likeness (QED) is 0.790. The van der Waals surface area contributed by atoms with Crippen LogP contribution in [0.3, 0.4) is 0 Å². The molecule has 3 N–H and O–H groups in total. The number of aromatic hydroxyl groups is 2. The lowest BCUT2D eigenvalue weighted by atomic mass is 10.1. The zero-order chi connectivity index (χ0) is 13.8. The number of carbonyl (C=O) groups excluding carboxylic acids is 1. The Balaban J connectivity index is 2.20. The van der Waals surface area contributed by atoms with Gasteiger partial charge >= 0.3 is 0 Å². The summed E-state index contributed by atoms with van der Waals surface area (Å²) < 4.78 is 4.94. The summed E-state index contributed by atoms with van der Waals surface area (Å²) in [6.45, 7) is 0. The van der Waals surface area contributed by atoms with Crippen molar-refractivity contribution in [3.63, 3.8) is 0 Å². The minimum Gasteiger partial charge on any atom is -0.508 e. The van der Waals surface area contributed by atoms with Gasteiger partial charge in [0.25, 0.3) is 5.91 Å². The Morgan fingerprint density at radius 1 is 1.16 bits per heavy atom. The predicted octanol–water partition coefficient (Wildman–Crippen LogP) is 2.36.